The van der Waals surface area contributed by atoms with Crippen LogP contribution in [-0.4, -0.2) is 18.2 Å². The van der Waals surface area contributed by atoms with Gasteiger partial charge in [-0.3, -0.25) is 4.79 Å². The summed E-state index contributed by atoms with van der Waals surface area (Å²) in [5, 5.41) is 3.21. The number of likely N-dealkylation sites (N-methyl/N-ethyl adjacent to an activating group) is 1. The fourth-order valence-corrected chi connectivity index (χ4v) is 2.99. The van der Waals surface area contributed by atoms with Crippen molar-refractivity contribution in [3.8, 4) is 0 Å². The predicted octanol–water partition coefficient (Wildman–Crippen LogP) is 1.43. The first-order valence-electron chi connectivity index (χ1n) is 6.49. The van der Waals surface area contributed by atoms with Crippen molar-refractivity contribution in [2.24, 2.45) is 7.05 Å². The topological polar surface area (TPSA) is 43.3 Å². The highest BCUT2D eigenvalue weighted by atomic mass is 19.1. The third-order valence-electron chi connectivity index (χ3n) is 4.04. The highest BCUT2D eigenvalue weighted by Crippen LogP contribution is 2.33. The van der Waals surface area contributed by atoms with Gasteiger partial charge in [0.15, 0.2) is 0 Å². The second-order valence-electron chi connectivity index (χ2n) is 5.06. The number of fused-ring (bicyclic) bond motifs is 3. The molecule has 0 amide bonds. The number of pyridine rings is 1. The molecule has 2 heterocycles. The second-order valence-corrected chi connectivity index (χ2v) is 5.06. The van der Waals surface area contributed by atoms with Crippen LogP contribution in [0.1, 0.15) is 34.8 Å². The summed E-state index contributed by atoms with van der Waals surface area (Å²) in [7, 11) is 3.60. The van der Waals surface area contributed by atoms with Gasteiger partial charge in [-0.1, -0.05) is 0 Å². The molecule has 2 aliphatic rings. The van der Waals surface area contributed by atoms with Gasteiger partial charge in [0, 0.05) is 19.0 Å². The van der Waals surface area contributed by atoms with Gasteiger partial charge >= 0.3 is 0 Å². The van der Waals surface area contributed by atoms with Gasteiger partial charge < -0.3 is 14.6 Å². The zero-order valence-electron chi connectivity index (χ0n) is 11.1. The lowest BCUT2D eigenvalue weighted by Gasteiger charge is -2.31. The Morgan fingerprint density at radius 2 is 2.26 bits per heavy atom. The highest BCUT2D eigenvalue weighted by molar-refractivity contribution is 5.60. The molecule has 4 nitrogen and oxygen atoms in total. The number of allylic oxidation sites excluding steroid dienone is 1. The summed E-state index contributed by atoms with van der Waals surface area (Å²) in [5.41, 5.74) is 3.39. The van der Waals surface area contributed by atoms with Gasteiger partial charge in [0.1, 0.15) is 5.83 Å². The van der Waals surface area contributed by atoms with Crippen molar-refractivity contribution in [3.63, 3.8) is 0 Å². The van der Waals surface area contributed by atoms with Crippen LogP contribution in [0.2, 0.25) is 0 Å². The molecule has 0 fully saturated rings. The zero-order valence-corrected chi connectivity index (χ0v) is 11.1. The van der Waals surface area contributed by atoms with E-state index in [0.717, 1.165) is 16.8 Å². The number of hydrogen-bond acceptors (Lipinski definition) is 3. The zero-order chi connectivity index (χ0) is 13.6. The highest BCUT2D eigenvalue weighted by Gasteiger charge is 2.29. The fraction of sp³-hybridized carbons (Fsp3) is 0.500. The molecule has 0 saturated heterocycles. The van der Waals surface area contributed by atoms with Crippen LogP contribution in [0.15, 0.2) is 10.6 Å². The molecular weight excluding hydrogens is 247 g/mol. The minimum absolute atomic E-state index is 0.0684. The van der Waals surface area contributed by atoms with Crippen LogP contribution in [0.25, 0.3) is 6.08 Å². The van der Waals surface area contributed by atoms with E-state index in [1.54, 1.807) is 11.6 Å². The molecule has 0 saturated carbocycles. The quantitative estimate of drug-likeness (QED) is 0.834. The largest absolute Gasteiger partial charge is 0.373 e. The summed E-state index contributed by atoms with van der Waals surface area (Å²) >= 11 is 0. The molecule has 1 atom stereocenters. The van der Waals surface area contributed by atoms with Gasteiger partial charge in [-0.15, -0.1) is 0 Å². The predicted molar refractivity (Wildman–Crippen MR) is 70.5 cm³/mol. The maximum atomic E-state index is 13.5. The second kappa shape index (κ2) is 4.58. The normalized spacial score (nSPS) is 21.6. The lowest BCUT2D eigenvalue weighted by atomic mass is 9.88. The van der Waals surface area contributed by atoms with Gasteiger partial charge in [-0.05, 0) is 30.7 Å². The molecule has 1 aromatic rings. The van der Waals surface area contributed by atoms with E-state index < -0.39 is 0 Å². The van der Waals surface area contributed by atoms with Gasteiger partial charge in [0.25, 0.3) is 5.56 Å². The van der Waals surface area contributed by atoms with Crippen molar-refractivity contribution in [2.75, 3.05) is 13.7 Å². The van der Waals surface area contributed by atoms with Gasteiger partial charge in [-0.25, -0.2) is 4.39 Å². The number of nitrogens with zero attached hydrogens (tertiary/aromatic N) is 1. The Hall–Kier alpha value is -1.46. The summed E-state index contributed by atoms with van der Waals surface area (Å²) in [6.07, 6.45) is 2.36. The average Bonchev–Trinajstić information content (AvgIpc) is 2.44. The molecule has 1 unspecified atom stereocenters. The summed E-state index contributed by atoms with van der Waals surface area (Å²) in [6, 6.07) is 0.0684. The molecule has 19 heavy (non-hydrogen) atoms. The molecule has 3 rings (SSSR count). The van der Waals surface area contributed by atoms with E-state index in [2.05, 4.69) is 5.32 Å². The molecular formula is C14H17FN2O2. The number of rotatable bonds is 1. The van der Waals surface area contributed by atoms with Crippen LogP contribution >= 0.6 is 0 Å². The Morgan fingerprint density at radius 1 is 1.47 bits per heavy atom. The summed E-state index contributed by atoms with van der Waals surface area (Å²) in [4.78, 5) is 12.3. The molecule has 1 aromatic heterocycles. The van der Waals surface area contributed by atoms with Crippen molar-refractivity contribution in [1.29, 1.82) is 0 Å². The van der Waals surface area contributed by atoms with E-state index in [1.807, 2.05) is 7.05 Å². The third-order valence-corrected chi connectivity index (χ3v) is 4.04. The molecule has 1 aliphatic heterocycles. The van der Waals surface area contributed by atoms with E-state index in [4.69, 9.17) is 4.74 Å². The smallest absolute Gasteiger partial charge is 0.258 e. The Balaban J connectivity index is 2.33. The molecule has 0 aromatic carbocycles. The van der Waals surface area contributed by atoms with Crippen LogP contribution in [-0.2, 0) is 24.8 Å². The minimum Gasteiger partial charge on any atom is -0.373 e. The summed E-state index contributed by atoms with van der Waals surface area (Å²) in [6.45, 7) is 1.03. The Kier molecular flexibility index (Phi) is 3.03. The van der Waals surface area contributed by atoms with Crippen molar-refractivity contribution in [2.45, 2.75) is 25.5 Å². The summed E-state index contributed by atoms with van der Waals surface area (Å²) in [5.74, 6) is -0.211. The van der Waals surface area contributed by atoms with Crippen LogP contribution in [0.3, 0.4) is 0 Å². The molecule has 1 aliphatic carbocycles. The monoisotopic (exact) mass is 264 g/mol. The van der Waals surface area contributed by atoms with Crippen molar-refractivity contribution >= 4 is 6.08 Å². The third kappa shape index (κ3) is 1.84. The Morgan fingerprint density at radius 3 is 3.00 bits per heavy atom. The average molecular weight is 264 g/mol. The molecule has 0 spiro atoms. The fourth-order valence-electron chi connectivity index (χ4n) is 2.99. The van der Waals surface area contributed by atoms with E-state index in [0.29, 0.717) is 31.6 Å². The van der Waals surface area contributed by atoms with E-state index in [1.165, 1.54) is 6.08 Å². The standard InChI is InChI=1S/C14H17FN2O2/c1-16-11-6-19-7-12-13(11)9-4-3-8(15)5-10(9)14(18)17(12)2/h5,11,16H,3-4,6-7H2,1-2H3. The van der Waals surface area contributed by atoms with E-state index >= 15 is 0 Å². The van der Waals surface area contributed by atoms with Gasteiger partial charge in [0.05, 0.1) is 24.9 Å². The number of hydrogen-bond donors (Lipinski definition) is 1. The van der Waals surface area contributed by atoms with Crippen molar-refractivity contribution in [1.82, 2.24) is 9.88 Å². The molecule has 5 heteroatoms. The van der Waals surface area contributed by atoms with Crippen molar-refractivity contribution < 1.29 is 9.13 Å². The first-order chi connectivity index (χ1) is 9.13. The maximum absolute atomic E-state index is 13.5. The number of halogens is 1. The SMILES string of the molecule is CNC1COCc2c1c1c(c(=O)n2C)C=C(F)CC1. The Bertz CT molecular complexity index is 619. The van der Waals surface area contributed by atoms with Crippen LogP contribution in [0.4, 0.5) is 4.39 Å². The molecule has 0 radical (unpaired) electrons. The van der Waals surface area contributed by atoms with Crippen LogP contribution in [0, 0.1) is 0 Å². The molecule has 1 N–H and O–H groups in total. The number of ether oxygens (including phenoxy) is 1. The first-order valence-corrected chi connectivity index (χ1v) is 6.49. The summed E-state index contributed by atoms with van der Waals surface area (Å²) < 4.78 is 20.6. The van der Waals surface area contributed by atoms with Crippen LogP contribution in [0.5, 0.6) is 0 Å². The number of nitrogens with one attached hydrogen (secondary N) is 1. The van der Waals surface area contributed by atoms with Gasteiger partial charge in [-0.2, -0.15) is 0 Å². The minimum atomic E-state index is -0.211. The van der Waals surface area contributed by atoms with E-state index in [9.17, 15) is 9.18 Å². The van der Waals surface area contributed by atoms with E-state index in [-0.39, 0.29) is 17.4 Å². The maximum Gasteiger partial charge on any atom is 0.258 e. The van der Waals surface area contributed by atoms with Crippen molar-refractivity contribution in [3.05, 3.63) is 38.6 Å². The lowest BCUT2D eigenvalue weighted by molar-refractivity contribution is 0.0778. The number of aromatic nitrogens is 1. The van der Waals surface area contributed by atoms with Crippen LogP contribution < -0.4 is 10.9 Å². The molecule has 102 valence electrons. The lowest BCUT2D eigenvalue weighted by Crippen LogP contribution is -2.36. The Labute approximate surface area is 110 Å². The van der Waals surface area contributed by atoms with Gasteiger partial charge in [0.2, 0.25) is 0 Å². The first kappa shape index (κ1) is 12.6. The molecule has 0 bridgehead atoms.